The quantitative estimate of drug-likeness (QED) is 0.858. The monoisotopic (exact) mass is 315 g/mol. The Bertz CT molecular complexity index is 361. The summed E-state index contributed by atoms with van der Waals surface area (Å²) in [6.07, 6.45) is 7.87. The molecule has 0 bridgehead atoms. The Morgan fingerprint density at radius 3 is 2.76 bits per heavy atom. The van der Waals surface area contributed by atoms with Gasteiger partial charge in [0, 0.05) is 15.5 Å². The van der Waals surface area contributed by atoms with Gasteiger partial charge < -0.3 is 5.32 Å². The summed E-state index contributed by atoms with van der Waals surface area (Å²) >= 11 is 9.65. The van der Waals surface area contributed by atoms with E-state index >= 15 is 0 Å². The molecule has 1 aliphatic carbocycles. The third-order valence-electron chi connectivity index (χ3n) is 3.44. The molecule has 0 aromatic heterocycles. The summed E-state index contributed by atoms with van der Waals surface area (Å²) in [5.74, 6) is 0. The summed E-state index contributed by atoms with van der Waals surface area (Å²) in [4.78, 5) is 0. The fourth-order valence-electron chi connectivity index (χ4n) is 2.45. The molecule has 3 heteroatoms. The summed E-state index contributed by atoms with van der Waals surface area (Å²) in [6.45, 7) is 1.03. The Kier molecular flexibility index (Phi) is 5.33. The van der Waals surface area contributed by atoms with Crippen LogP contribution in [-0.2, 0) is 6.42 Å². The molecule has 17 heavy (non-hydrogen) atoms. The zero-order chi connectivity index (χ0) is 12.1. The van der Waals surface area contributed by atoms with Crippen molar-refractivity contribution in [2.75, 3.05) is 6.54 Å². The van der Waals surface area contributed by atoms with E-state index in [1.165, 1.54) is 37.7 Å². The molecule has 0 atom stereocenters. The first-order chi connectivity index (χ1) is 8.25. The highest BCUT2D eigenvalue weighted by atomic mass is 79.9. The second-order valence-electron chi connectivity index (χ2n) is 4.77. The lowest BCUT2D eigenvalue weighted by Crippen LogP contribution is -2.32. The number of hydrogen-bond acceptors (Lipinski definition) is 1. The van der Waals surface area contributed by atoms with E-state index in [9.17, 15) is 0 Å². The number of nitrogens with one attached hydrogen (secondary N) is 1. The normalized spacial score (nSPS) is 17.3. The topological polar surface area (TPSA) is 12.0 Å². The second-order valence-corrected chi connectivity index (χ2v) is 6.10. The van der Waals surface area contributed by atoms with Crippen LogP contribution in [0.2, 0.25) is 5.02 Å². The van der Waals surface area contributed by atoms with Crippen molar-refractivity contribution in [3.8, 4) is 0 Å². The number of hydrogen-bond donors (Lipinski definition) is 1. The van der Waals surface area contributed by atoms with Crippen LogP contribution in [0.4, 0.5) is 0 Å². The van der Waals surface area contributed by atoms with Crippen molar-refractivity contribution in [1.82, 2.24) is 5.32 Å². The predicted molar refractivity (Wildman–Crippen MR) is 77.7 cm³/mol. The van der Waals surface area contributed by atoms with Gasteiger partial charge >= 0.3 is 0 Å². The third-order valence-corrected chi connectivity index (χ3v) is 4.30. The van der Waals surface area contributed by atoms with Gasteiger partial charge in [-0.3, -0.25) is 0 Å². The molecule has 1 aliphatic rings. The minimum atomic E-state index is 0.731. The maximum atomic E-state index is 6.17. The van der Waals surface area contributed by atoms with Crippen LogP contribution in [0.5, 0.6) is 0 Å². The molecule has 0 unspecified atom stereocenters. The lowest BCUT2D eigenvalue weighted by Gasteiger charge is -2.22. The SMILES string of the molecule is Clc1ccc(Br)cc1CCNC1CCCCC1. The fraction of sp³-hybridized carbons (Fsp3) is 0.571. The molecule has 1 aromatic carbocycles. The minimum Gasteiger partial charge on any atom is -0.314 e. The highest BCUT2D eigenvalue weighted by Gasteiger charge is 2.12. The average molecular weight is 317 g/mol. The Morgan fingerprint density at radius 1 is 1.24 bits per heavy atom. The van der Waals surface area contributed by atoms with Crippen molar-refractivity contribution >= 4 is 27.5 Å². The standard InChI is InChI=1S/C14H19BrClN/c15-12-6-7-14(16)11(10-12)8-9-17-13-4-2-1-3-5-13/h6-7,10,13,17H,1-5,8-9H2. The summed E-state index contributed by atoms with van der Waals surface area (Å²) in [6, 6.07) is 6.79. The van der Waals surface area contributed by atoms with E-state index in [-0.39, 0.29) is 0 Å². The molecule has 1 aromatic rings. The molecule has 1 saturated carbocycles. The number of rotatable bonds is 4. The van der Waals surface area contributed by atoms with Crippen molar-refractivity contribution in [1.29, 1.82) is 0 Å². The molecule has 94 valence electrons. The summed E-state index contributed by atoms with van der Waals surface area (Å²) in [7, 11) is 0. The van der Waals surface area contributed by atoms with E-state index in [1.807, 2.05) is 12.1 Å². The van der Waals surface area contributed by atoms with Gasteiger partial charge in [-0.1, -0.05) is 46.8 Å². The number of halogens is 2. The molecular weight excluding hydrogens is 298 g/mol. The van der Waals surface area contributed by atoms with Crippen LogP contribution in [0, 0.1) is 0 Å². The molecule has 2 rings (SSSR count). The predicted octanol–water partition coefficient (Wildman–Crippen LogP) is 4.57. The zero-order valence-electron chi connectivity index (χ0n) is 10.0. The molecule has 0 heterocycles. The van der Waals surface area contributed by atoms with Crippen molar-refractivity contribution in [3.05, 3.63) is 33.3 Å². The molecule has 0 aliphatic heterocycles. The molecule has 0 radical (unpaired) electrons. The van der Waals surface area contributed by atoms with Gasteiger partial charge in [0.05, 0.1) is 0 Å². The lowest BCUT2D eigenvalue weighted by atomic mass is 9.95. The maximum absolute atomic E-state index is 6.17. The van der Waals surface area contributed by atoms with Gasteiger partial charge in [-0.2, -0.15) is 0 Å². The third kappa shape index (κ3) is 4.27. The second kappa shape index (κ2) is 6.77. The fourth-order valence-corrected chi connectivity index (χ4v) is 3.07. The first-order valence-electron chi connectivity index (χ1n) is 6.43. The molecule has 0 spiro atoms. The Morgan fingerprint density at radius 2 is 2.00 bits per heavy atom. The molecule has 1 nitrogen and oxygen atoms in total. The van der Waals surface area contributed by atoms with E-state index in [0.29, 0.717) is 0 Å². The van der Waals surface area contributed by atoms with E-state index in [0.717, 1.165) is 28.5 Å². The first-order valence-corrected chi connectivity index (χ1v) is 7.60. The van der Waals surface area contributed by atoms with E-state index in [4.69, 9.17) is 11.6 Å². The van der Waals surface area contributed by atoms with Crippen LogP contribution in [0.1, 0.15) is 37.7 Å². The number of benzene rings is 1. The molecule has 0 amide bonds. The van der Waals surface area contributed by atoms with Crippen molar-refractivity contribution in [3.63, 3.8) is 0 Å². The van der Waals surface area contributed by atoms with Gasteiger partial charge in [-0.15, -0.1) is 0 Å². The van der Waals surface area contributed by atoms with E-state index < -0.39 is 0 Å². The van der Waals surface area contributed by atoms with E-state index in [2.05, 4.69) is 27.3 Å². The van der Waals surface area contributed by atoms with Crippen LogP contribution < -0.4 is 5.32 Å². The summed E-state index contributed by atoms with van der Waals surface area (Å²) < 4.78 is 1.11. The van der Waals surface area contributed by atoms with E-state index in [1.54, 1.807) is 0 Å². The first kappa shape index (κ1) is 13.4. The lowest BCUT2D eigenvalue weighted by molar-refractivity contribution is 0.375. The van der Waals surface area contributed by atoms with Gasteiger partial charge in [-0.05, 0) is 49.6 Å². The summed E-state index contributed by atoms with van der Waals surface area (Å²) in [5.41, 5.74) is 1.23. The molecule has 0 saturated heterocycles. The molecule has 1 N–H and O–H groups in total. The van der Waals surface area contributed by atoms with Gasteiger partial charge in [0.1, 0.15) is 0 Å². The van der Waals surface area contributed by atoms with Gasteiger partial charge in [0.15, 0.2) is 0 Å². The smallest absolute Gasteiger partial charge is 0.0439 e. The van der Waals surface area contributed by atoms with Crippen LogP contribution in [0.15, 0.2) is 22.7 Å². The Hall–Kier alpha value is -0.0500. The Labute approximate surface area is 117 Å². The molecular formula is C14H19BrClN. The maximum Gasteiger partial charge on any atom is 0.0439 e. The van der Waals surface area contributed by atoms with Crippen LogP contribution in [0.3, 0.4) is 0 Å². The highest BCUT2D eigenvalue weighted by Crippen LogP contribution is 2.22. The zero-order valence-corrected chi connectivity index (χ0v) is 12.4. The van der Waals surface area contributed by atoms with Gasteiger partial charge in [0.25, 0.3) is 0 Å². The van der Waals surface area contributed by atoms with Gasteiger partial charge in [0.2, 0.25) is 0 Å². The minimum absolute atomic E-state index is 0.731. The van der Waals surface area contributed by atoms with Crippen molar-refractivity contribution < 1.29 is 0 Å². The Balaban J connectivity index is 1.79. The highest BCUT2D eigenvalue weighted by molar-refractivity contribution is 9.10. The van der Waals surface area contributed by atoms with Crippen molar-refractivity contribution in [2.24, 2.45) is 0 Å². The summed E-state index contributed by atoms with van der Waals surface area (Å²) in [5, 5.41) is 4.52. The van der Waals surface area contributed by atoms with Gasteiger partial charge in [-0.25, -0.2) is 0 Å². The van der Waals surface area contributed by atoms with Crippen LogP contribution in [-0.4, -0.2) is 12.6 Å². The van der Waals surface area contributed by atoms with Crippen molar-refractivity contribution in [2.45, 2.75) is 44.6 Å². The molecule has 1 fully saturated rings. The van der Waals surface area contributed by atoms with Crippen LogP contribution in [0.25, 0.3) is 0 Å². The average Bonchev–Trinajstić information content (AvgIpc) is 2.35. The largest absolute Gasteiger partial charge is 0.314 e. The van der Waals surface area contributed by atoms with Crippen LogP contribution >= 0.6 is 27.5 Å².